The molecule has 2 amide bonds. The van der Waals surface area contributed by atoms with Crippen LogP contribution >= 0.6 is 0 Å². The molecule has 2 N–H and O–H groups in total. The molecule has 0 saturated carbocycles. The van der Waals surface area contributed by atoms with Crippen molar-refractivity contribution in [3.05, 3.63) is 54.3 Å². The van der Waals surface area contributed by atoms with Gasteiger partial charge in [-0.25, -0.2) is 0 Å². The van der Waals surface area contributed by atoms with E-state index < -0.39 is 17.8 Å². The van der Waals surface area contributed by atoms with Crippen LogP contribution in [0, 0.1) is 0 Å². The summed E-state index contributed by atoms with van der Waals surface area (Å²) in [6.45, 7) is -0.769. The highest BCUT2D eigenvalue weighted by atomic mass is 16.5. The maximum atomic E-state index is 11.7. The van der Waals surface area contributed by atoms with Gasteiger partial charge >= 0.3 is 5.97 Å². The molecule has 140 valence electrons. The molecule has 3 rings (SSSR count). The zero-order valence-corrected chi connectivity index (χ0v) is 14.0. The van der Waals surface area contributed by atoms with Crippen molar-refractivity contribution in [2.75, 3.05) is 13.1 Å². The van der Waals surface area contributed by atoms with Crippen molar-refractivity contribution in [3.63, 3.8) is 0 Å². The lowest BCUT2D eigenvalue weighted by molar-refractivity contribution is -0.145. The molecule has 3 aromatic heterocycles. The van der Waals surface area contributed by atoms with Gasteiger partial charge in [0.1, 0.15) is 18.8 Å². The van der Waals surface area contributed by atoms with E-state index >= 15 is 0 Å². The fraction of sp³-hybridized carbons (Fsp3) is 0.176. The van der Waals surface area contributed by atoms with Crippen molar-refractivity contribution in [2.45, 2.75) is 6.61 Å². The quantitative estimate of drug-likeness (QED) is 0.560. The van der Waals surface area contributed by atoms with Crippen LogP contribution in [0.25, 0.3) is 11.5 Å². The maximum absolute atomic E-state index is 11.7. The lowest BCUT2D eigenvalue weighted by atomic mass is 10.3. The highest BCUT2D eigenvalue weighted by Gasteiger charge is 2.13. The third-order valence-corrected chi connectivity index (χ3v) is 3.29. The summed E-state index contributed by atoms with van der Waals surface area (Å²) >= 11 is 0. The number of nitrogens with zero attached hydrogens (tertiary/aromatic N) is 1. The molecule has 0 aliphatic carbocycles. The number of carbonyl (C=O) groups excluding carboxylic acids is 3. The zero-order chi connectivity index (χ0) is 19.1. The molecule has 0 radical (unpaired) electrons. The maximum Gasteiger partial charge on any atom is 0.325 e. The first-order valence-corrected chi connectivity index (χ1v) is 7.85. The van der Waals surface area contributed by atoms with E-state index in [1.807, 2.05) is 0 Å². The highest BCUT2D eigenvalue weighted by molar-refractivity contribution is 5.94. The number of furan rings is 2. The number of amides is 2. The van der Waals surface area contributed by atoms with E-state index in [-0.39, 0.29) is 25.5 Å². The van der Waals surface area contributed by atoms with Crippen molar-refractivity contribution in [2.24, 2.45) is 0 Å². The Morgan fingerprint density at radius 2 is 1.81 bits per heavy atom. The van der Waals surface area contributed by atoms with E-state index in [0.29, 0.717) is 17.2 Å². The van der Waals surface area contributed by atoms with Crippen LogP contribution in [0.15, 0.2) is 56.2 Å². The summed E-state index contributed by atoms with van der Waals surface area (Å²) in [5.74, 6) is -0.743. The van der Waals surface area contributed by atoms with Gasteiger partial charge in [0.2, 0.25) is 11.7 Å². The molecular formula is C17H15N3O7. The fourth-order valence-electron chi connectivity index (χ4n) is 2.01. The van der Waals surface area contributed by atoms with Gasteiger partial charge in [-0.2, -0.15) is 0 Å². The van der Waals surface area contributed by atoms with Crippen LogP contribution in [0.2, 0.25) is 0 Å². The standard InChI is InChI=1S/C17H15N3O7/c21-15(8-19-17(23)13-4-2-6-25-13)18-9-16(22)26-10-11-7-14(27-20-11)12-3-1-5-24-12/h1-7H,8-10H2,(H,18,21)(H,19,23). The van der Waals surface area contributed by atoms with Gasteiger partial charge in [0.05, 0.1) is 19.1 Å². The van der Waals surface area contributed by atoms with Crippen molar-refractivity contribution in [3.8, 4) is 11.5 Å². The van der Waals surface area contributed by atoms with Crippen LogP contribution in [0.4, 0.5) is 0 Å². The van der Waals surface area contributed by atoms with Crippen LogP contribution < -0.4 is 10.6 Å². The van der Waals surface area contributed by atoms with Crippen LogP contribution in [-0.2, 0) is 20.9 Å². The first kappa shape index (κ1) is 18.0. The number of hydrogen-bond donors (Lipinski definition) is 2. The Morgan fingerprint density at radius 1 is 1.00 bits per heavy atom. The predicted molar refractivity (Wildman–Crippen MR) is 88.1 cm³/mol. The van der Waals surface area contributed by atoms with E-state index in [2.05, 4.69) is 15.8 Å². The SMILES string of the molecule is O=C(CNC(=O)c1ccco1)NCC(=O)OCc1cc(-c2ccco2)on1. The molecule has 0 aliphatic rings. The van der Waals surface area contributed by atoms with Gasteiger partial charge in [-0.05, 0) is 24.3 Å². The molecule has 27 heavy (non-hydrogen) atoms. The minimum Gasteiger partial charge on any atom is -0.461 e. The van der Waals surface area contributed by atoms with E-state index in [0.717, 1.165) is 0 Å². The lowest BCUT2D eigenvalue weighted by Crippen LogP contribution is -2.39. The third kappa shape index (κ3) is 5.08. The summed E-state index contributed by atoms with van der Waals surface area (Å²) in [5.41, 5.74) is 0.395. The van der Waals surface area contributed by atoms with Crippen LogP contribution in [0.5, 0.6) is 0 Å². The summed E-state index contributed by atoms with van der Waals surface area (Å²) in [6, 6.07) is 8.01. The average molecular weight is 373 g/mol. The molecule has 0 spiro atoms. The second-order valence-electron chi connectivity index (χ2n) is 5.26. The smallest absolute Gasteiger partial charge is 0.325 e. The molecule has 3 aromatic rings. The number of ether oxygens (including phenoxy) is 1. The Hall–Kier alpha value is -3.82. The van der Waals surface area contributed by atoms with E-state index in [4.69, 9.17) is 18.1 Å². The number of hydrogen-bond acceptors (Lipinski definition) is 8. The first-order chi connectivity index (χ1) is 13.1. The van der Waals surface area contributed by atoms with Gasteiger partial charge in [-0.1, -0.05) is 5.16 Å². The number of esters is 1. The fourth-order valence-corrected chi connectivity index (χ4v) is 2.01. The predicted octanol–water partition coefficient (Wildman–Crippen LogP) is 1.12. The normalized spacial score (nSPS) is 10.4. The number of aromatic nitrogens is 1. The highest BCUT2D eigenvalue weighted by Crippen LogP contribution is 2.20. The van der Waals surface area contributed by atoms with Gasteiger partial charge < -0.3 is 28.7 Å². The lowest BCUT2D eigenvalue weighted by Gasteiger charge is -2.06. The van der Waals surface area contributed by atoms with Gasteiger partial charge in [0.15, 0.2) is 11.5 Å². The van der Waals surface area contributed by atoms with Crippen LogP contribution in [0.1, 0.15) is 16.2 Å². The molecule has 0 unspecified atom stereocenters. The molecule has 0 saturated heterocycles. The molecule has 0 atom stereocenters. The van der Waals surface area contributed by atoms with E-state index in [9.17, 15) is 14.4 Å². The Balaban J connectivity index is 1.34. The van der Waals surface area contributed by atoms with Crippen molar-refractivity contribution >= 4 is 17.8 Å². The molecule has 0 bridgehead atoms. The van der Waals surface area contributed by atoms with E-state index in [1.54, 1.807) is 24.3 Å². The number of carbonyl (C=O) groups is 3. The second kappa shape index (κ2) is 8.52. The summed E-state index contributed by atoms with van der Waals surface area (Å²) in [4.78, 5) is 34.9. The Kier molecular flexibility index (Phi) is 5.67. The first-order valence-electron chi connectivity index (χ1n) is 7.85. The molecular weight excluding hydrogens is 358 g/mol. The Labute approximate surface area is 152 Å². The monoisotopic (exact) mass is 373 g/mol. The van der Waals surface area contributed by atoms with Gasteiger partial charge in [-0.15, -0.1) is 0 Å². The van der Waals surface area contributed by atoms with Crippen LogP contribution in [0.3, 0.4) is 0 Å². The number of nitrogens with one attached hydrogen (secondary N) is 2. The molecule has 0 aliphatic heterocycles. The molecule has 10 heteroatoms. The van der Waals surface area contributed by atoms with Gasteiger partial charge in [0, 0.05) is 6.07 Å². The van der Waals surface area contributed by atoms with Gasteiger partial charge in [-0.3, -0.25) is 14.4 Å². The van der Waals surface area contributed by atoms with Crippen molar-refractivity contribution < 1.29 is 32.5 Å². The zero-order valence-electron chi connectivity index (χ0n) is 14.0. The van der Waals surface area contributed by atoms with Crippen LogP contribution in [-0.4, -0.2) is 36.0 Å². The molecule has 3 heterocycles. The van der Waals surface area contributed by atoms with Crippen molar-refractivity contribution in [1.82, 2.24) is 15.8 Å². The Bertz CT molecular complexity index is 897. The molecule has 0 fully saturated rings. The summed E-state index contributed by atoms with van der Waals surface area (Å²) < 4.78 is 20.1. The number of rotatable bonds is 8. The van der Waals surface area contributed by atoms with Crippen molar-refractivity contribution in [1.29, 1.82) is 0 Å². The third-order valence-electron chi connectivity index (χ3n) is 3.29. The average Bonchev–Trinajstić information content (AvgIpc) is 3.42. The van der Waals surface area contributed by atoms with E-state index in [1.165, 1.54) is 18.6 Å². The largest absolute Gasteiger partial charge is 0.461 e. The summed E-state index contributed by atoms with van der Waals surface area (Å²) in [7, 11) is 0. The summed E-state index contributed by atoms with van der Waals surface area (Å²) in [6.07, 6.45) is 2.84. The molecule has 10 nitrogen and oxygen atoms in total. The molecule has 0 aromatic carbocycles. The second-order valence-corrected chi connectivity index (χ2v) is 5.26. The summed E-state index contributed by atoms with van der Waals surface area (Å²) in [5, 5.41) is 8.44. The topological polar surface area (TPSA) is 137 Å². The Morgan fingerprint density at radius 3 is 2.56 bits per heavy atom. The van der Waals surface area contributed by atoms with Gasteiger partial charge in [0.25, 0.3) is 5.91 Å². The minimum absolute atomic E-state index is 0.0868. The minimum atomic E-state index is -0.664.